The summed E-state index contributed by atoms with van der Waals surface area (Å²) in [5.41, 5.74) is 4.29. The van der Waals surface area contributed by atoms with Gasteiger partial charge in [0.15, 0.2) is 5.78 Å². The summed E-state index contributed by atoms with van der Waals surface area (Å²) in [5.74, 6) is 2.01. The molecule has 6 heteroatoms. The summed E-state index contributed by atoms with van der Waals surface area (Å²) in [6, 6.07) is 7.03. The number of piperazine rings is 1. The molecule has 3 aliphatic rings. The molecule has 28 heavy (non-hydrogen) atoms. The maximum absolute atomic E-state index is 12.0. The lowest BCUT2D eigenvalue weighted by Crippen LogP contribution is -2.47. The van der Waals surface area contributed by atoms with E-state index in [9.17, 15) is 4.79 Å². The summed E-state index contributed by atoms with van der Waals surface area (Å²) < 4.78 is 5.74. The highest BCUT2D eigenvalue weighted by Crippen LogP contribution is 2.31. The van der Waals surface area contributed by atoms with Crippen molar-refractivity contribution in [1.82, 2.24) is 14.9 Å². The molecule has 0 saturated carbocycles. The summed E-state index contributed by atoms with van der Waals surface area (Å²) in [5, 5.41) is 0. The number of Topliss-reactive ketones (excluding diaryl/α,β-unsaturated/α-hetero) is 1. The molecule has 0 N–H and O–H groups in total. The maximum atomic E-state index is 12.0. The number of ketones is 1. The minimum absolute atomic E-state index is 0.185. The molecule has 6 nitrogen and oxygen atoms in total. The minimum atomic E-state index is 0.185. The second kappa shape index (κ2) is 7.17. The van der Waals surface area contributed by atoms with Crippen molar-refractivity contribution in [3.63, 3.8) is 0 Å². The van der Waals surface area contributed by atoms with Crippen LogP contribution in [0.1, 0.15) is 53.0 Å². The lowest BCUT2D eigenvalue weighted by atomic mass is 9.96. The number of anilines is 1. The van der Waals surface area contributed by atoms with Crippen LogP contribution in [-0.2, 0) is 12.8 Å². The second-order valence-electron chi connectivity index (χ2n) is 7.97. The zero-order chi connectivity index (χ0) is 19.1. The van der Waals surface area contributed by atoms with E-state index < -0.39 is 0 Å². The quantitative estimate of drug-likeness (QED) is 0.819. The first-order valence-corrected chi connectivity index (χ1v) is 10.3. The van der Waals surface area contributed by atoms with Crippen LogP contribution in [0.15, 0.2) is 24.4 Å². The van der Waals surface area contributed by atoms with E-state index >= 15 is 0 Å². The van der Waals surface area contributed by atoms with Crippen LogP contribution in [0.2, 0.25) is 0 Å². The molecule has 5 rings (SSSR count). The molecule has 1 aromatic carbocycles. The van der Waals surface area contributed by atoms with E-state index in [-0.39, 0.29) is 5.78 Å². The number of nitrogens with zero attached hydrogens (tertiary/aromatic N) is 4. The molecule has 146 valence electrons. The van der Waals surface area contributed by atoms with Crippen LogP contribution < -0.4 is 9.64 Å². The van der Waals surface area contributed by atoms with E-state index in [0.717, 1.165) is 75.0 Å². The summed E-state index contributed by atoms with van der Waals surface area (Å²) in [6.45, 7) is 6.82. The second-order valence-corrected chi connectivity index (χ2v) is 7.97. The Morgan fingerprint density at radius 1 is 1.11 bits per heavy atom. The molecule has 3 heterocycles. The summed E-state index contributed by atoms with van der Waals surface area (Å²) in [6.07, 6.45) is 5.17. The lowest BCUT2D eigenvalue weighted by Gasteiger charge is -2.38. The van der Waals surface area contributed by atoms with E-state index in [4.69, 9.17) is 9.72 Å². The number of hydrogen-bond donors (Lipinski definition) is 0. The van der Waals surface area contributed by atoms with Gasteiger partial charge in [-0.05, 0) is 37.0 Å². The van der Waals surface area contributed by atoms with Crippen molar-refractivity contribution < 1.29 is 9.53 Å². The Kier molecular flexibility index (Phi) is 4.51. The molecule has 1 atom stereocenters. The zero-order valence-corrected chi connectivity index (χ0v) is 16.4. The predicted octanol–water partition coefficient (Wildman–Crippen LogP) is 2.81. The highest BCUT2D eigenvalue weighted by Gasteiger charge is 2.26. The number of benzene rings is 1. The largest absolute Gasteiger partial charge is 0.493 e. The first-order chi connectivity index (χ1) is 13.7. The third-order valence-corrected chi connectivity index (χ3v) is 6.32. The van der Waals surface area contributed by atoms with E-state index in [2.05, 4.69) is 39.9 Å². The van der Waals surface area contributed by atoms with Gasteiger partial charge in [0.2, 0.25) is 5.95 Å². The van der Waals surface area contributed by atoms with Gasteiger partial charge < -0.3 is 9.64 Å². The average Bonchev–Trinajstić information content (AvgIpc) is 3.21. The van der Waals surface area contributed by atoms with Gasteiger partial charge in [-0.1, -0.05) is 12.1 Å². The number of aryl methyl sites for hydroxylation is 1. The molecule has 0 amide bonds. The number of aromatic nitrogens is 2. The number of hydrogen-bond acceptors (Lipinski definition) is 6. The minimum Gasteiger partial charge on any atom is -0.493 e. The molecule has 0 unspecified atom stereocenters. The molecular formula is C22H26N4O2. The van der Waals surface area contributed by atoms with Gasteiger partial charge in [-0.15, -0.1) is 0 Å². The van der Waals surface area contributed by atoms with Crippen molar-refractivity contribution in [2.24, 2.45) is 0 Å². The van der Waals surface area contributed by atoms with Crippen LogP contribution in [0.5, 0.6) is 5.75 Å². The molecule has 0 bridgehead atoms. The average molecular weight is 378 g/mol. The fraction of sp³-hybridized carbons (Fsp3) is 0.500. The van der Waals surface area contributed by atoms with Crippen LogP contribution in [-0.4, -0.2) is 53.4 Å². The summed E-state index contributed by atoms with van der Waals surface area (Å²) in [4.78, 5) is 25.9. The van der Waals surface area contributed by atoms with Gasteiger partial charge in [-0.3, -0.25) is 9.69 Å². The van der Waals surface area contributed by atoms with Crippen LogP contribution in [0.25, 0.3) is 0 Å². The molecule has 0 radical (unpaired) electrons. The van der Waals surface area contributed by atoms with Gasteiger partial charge in [-0.2, -0.15) is 0 Å². The highest BCUT2D eigenvalue weighted by molar-refractivity contribution is 5.97. The Labute approximate surface area is 165 Å². The first-order valence-electron chi connectivity index (χ1n) is 10.3. The monoisotopic (exact) mass is 378 g/mol. The molecular weight excluding hydrogens is 352 g/mol. The topological polar surface area (TPSA) is 58.6 Å². The zero-order valence-electron chi connectivity index (χ0n) is 16.4. The lowest BCUT2D eigenvalue weighted by molar-refractivity contribution is 0.0971. The van der Waals surface area contributed by atoms with Gasteiger partial charge in [0.05, 0.1) is 17.9 Å². The molecule has 1 aliphatic carbocycles. The Hall–Kier alpha value is -2.47. The Morgan fingerprint density at radius 2 is 1.96 bits per heavy atom. The van der Waals surface area contributed by atoms with Gasteiger partial charge in [0.25, 0.3) is 0 Å². The third-order valence-electron chi connectivity index (χ3n) is 6.32. The standard InChI is InChI=1S/C22H26N4O2/c1-15(17-6-5-16-7-12-28-21(16)13-17)25-8-10-26(11-9-25)22-23-14-18-19(24-22)3-2-4-20(18)27/h5-6,13-15H,2-4,7-12H2,1H3/t15-/m0/s1. The highest BCUT2D eigenvalue weighted by atomic mass is 16.5. The fourth-order valence-corrected chi connectivity index (χ4v) is 4.50. The number of fused-ring (bicyclic) bond motifs is 2. The van der Waals surface area contributed by atoms with Crippen molar-refractivity contribution in [3.05, 3.63) is 46.8 Å². The van der Waals surface area contributed by atoms with Gasteiger partial charge in [-0.25, -0.2) is 9.97 Å². The van der Waals surface area contributed by atoms with Gasteiger partial charge in [0, 0.05) is 51.3 Å². The third kappa shape index (κ3) is 3.15. The SMILES string of the molecule is C[C@@H](c1ccc2c(c1)OCC2)N1CCN(c2ncc3c(n2)CCCC3=O)CC1. The number of rotatable bonds is 3. The van der Waals surface area contributed by atoms with Crippen LogP contribution in [0.3, 0.4) is 0 Å². The van der Waals surface area contributed by atoms with Crippen LogP contribution in [0.4, 0.5) is 5.95 Å². The first kappa shape index (κ1) is 17.6. The number of carbonyl (C=O) groups excluding carboxylic acids is 1. The van der Waals surface area contributed by atoms with Crippen LogP contribution in [0, 0.1) is 0 Å². The number of ether oxygens (including phenoxy) is 1. The van der Waals surface area contributed by atoms with E-state index in [1.165, 1.54) is 11.1 Å². The molecule has 0 spiro atoms. The smallest absolute Gasteiger partial charge is 0.225 e. The Balaban J connectivity index is 1.26. The normalized spacial score (nSPS) is 20.5. The van der Waals surface area contributed by atoms with E-state index in [1.807, 2.05) is 0 Å². The Bertz CT molecular complexity index is 905. The fourth-order valence-electron chi connectivity index (χ4n) is 4.50. The molecule has 2 aliphatic heterocycles. The molecule has 1 aromatic heterocycles. The van der Waals surface area contributed by atoms with Gasteiger partial charge in [0.1, 0.15) is 5.75 Å². The molecule has 1 fully saturated rings. The van der Waals surface area contributed by atoms with E-state index in [0.29, 0.717) is 12.5 Å². The summed E-state index contributed by atoms with van der Waals surface area (Å²) >= 11 is 0. The van der Waals surface area contributed by atoms with E-state index in [1.54, 1.807) is 6.20 Å². The maximum Gasteiger partial charge on any atom is 0.225 e. The molecule has 1 saturated heterocycles. The van der Waals surface area contributed by atoms with Crippen molar-refractivity contribution >= 4 is 11.7 Å². The molecule has 2 aromatic rings. The van der Waals surface area contributed by atoms with Gasteiger partial charge >= 0.3 is 0 Å². The summed E-state index contributed by atoms with van der Waals surface area (Å²) in [7, 11) is 0. The Morgan fingerprint density at radius 3 is 2.82 bits per heavy atom. The van der Waals surface area contributed by atoms with Crippen LogP contribution >= 0.6 is 0 Å². The van der Waals surface area contributed by atoms with Crippen molar-refractivity contribution in [2.45, 2.75) is 38.6 Å². The van der Waals surface area contributed by atoms with Crippen molar-refractivity contribution in [2.75, 3.05) is 37.7 Å². The van der Waals surface area contributed by atoms with Crippen molar-refractivity contribution in [1.29, 1.82) is 0 Å². The number of carbonyl (C=O) groups is 1. The van der Waals surface area contributed by atoms with Crippen molar-refractivity contribution in [3.8, 4) is 5.75 Å². The predicted molar refractivity (Wildman–Crippen MR) is 107 cm³/mol.